The van der Waals surface area contributed by atoms with Gasteiger partial charge in [0.25, 0.3) is 5.56 Å². The fourth-order valence-corrected chi connectivity index (χ4v) is 4.05. The molecule has 0 unspecified atom stereocenters. The topological polar surface area (TPSA) is 94.9 Å². The van der Waals surface area contributed by atoms with Crippen LogP contribution in [0.2, 0.25) is 0 Å². The molecule has 1 aliphatic rings. The van der Waals surface area contributed by atoms with Crippen molar-refractivity contribution in [2.45, 2.75) is 19.3 Å². The van der Waals surface area contributed by atoms with Crippen molar-refractivity contribution in [1.29, 1.82) is 0 Å². The van der Waals surface area contributed by atoms with Gasteiger partial charge in [0.15, 0.2) is 0 Å². The van der Waals surface area contributed by atoms with Gasteiger partial charge in [-0.3, -0.25) is 19.6 Å². The van der Waals surface area contributed by atoms with E-state index < -0.39 is 0 Å². The molecule has 168 valence electrons. The second-order valence-corrected chi connectivity index (χ2v) is 8.31. The van der Waals surface area contributed by atoms with Crippen LogP contribution in [-0.4, -0.2) is 38.4 Å². The zero-order valence-corrected chi connectivity index (χ0v) is 18.8. The Morgan fingerprint density at radius 2 is 1.88 bits per heavy atom. The number of rotatable bonds is 7. The third kappa shape index (κ3) is 4.37. The minimum absolute atomic E-state index is 0.123. The van der Waals surface area contributed by atoms with Crippen LogP contribution in [0.5, 0.6) is 11.6 Å². The number of aromatic amines is 1. The summed E-state index contributed by atoms with van der Waals surface area (Å²) >= 11 is 0. The fourth-order valence-electron chi connectivity index (χ4n) is 4.05. The average Bonchev–Trinajstić information content (AvgIpc) is 3.53. The Morgan fingerprint density at radius 1 is 1.09 bits per heavy atom. The summed E-state index contributed by atoms with van der Waals surface area (Å²) in [5, 5.41) is 2.73. The van der Waals surface area contributed by atoms with E-state index in [9.17, 15) is 4.79 Å². The van der Waals surface area contributed by atoms with E-state index in [1.807, 2.05) is 50.4 Å². The van der Waals surface area contributed by atoms with E-state index >= 15 is 0 Å². The molecule has 1 saturated carbocycles. The predicted molar refractivity (Wildman–Crippen MR) is 124 cm³/mol. The third-order valence-corrected chi connectivity index (χ3v) is 6.00. The Morgan fingerprint density at radius 3 is 2.55 bits per heavy atom. The molecule has 0 radical (unpaired) electrons. The molecule has 4 aromatic rings. The van der Waals surface area contributed by atoms with E-state index in [-0.39, 0.29) is 5.56 Å². The maximum Gasteiger partial charge on any atom is 0.264 e. The van der Waals surface area contributed by atoms with Crippen molar-refractivity contribution >= 4 is 0 Å². The normalized spacial score (nSPS) is 17.1. The van der Waals surface area contributed by atoms with Crippen molar-refractivity contribution in [2.24, 2.45) is 13.0 Å². The van der Waals surface area contributed by atoms with Gasteiger partial charge in [-0.25, -0.2) is 4.98 Å². The number of hydrogen-bond acceptors (Lipinski definition) is 6. The number of nitrogens with one attached hydrogen (secondary N) is 1. The van der Waals surface area contributed by atoms with Crippen LogP contribution in [0, 0.1) is 12.8 Å². The molecule has 0 bridgehead atoms. The maximum absolute atomic E-state index is 11.6. The molecule has 33 heavy (non-hydrogen) atoms. The van der Waals surface area contributed by atoms with Crippen LogP contribution in [0.25, 0.3) is 22.4 Å². The van der Waals surface area contributed by atoms with Gasteiger partial charge in [0.1, 0.15) is 11.6 Å². The highest BCUT2D eigenvalue weighted by Crippen LogP contribution is 2.47. The number of H-pyrrole nitrogens is 1. The molecule has 8 heteroatoms. The summed E-state index contributed by atoms with van der Waals surface area (Å²) in [5.41, 5.74) is 4.52. The molecule has 1 fully saturated rings. The second kappa shape index (κ2) is 8.54. The molecule has 0 spiro atoms. The molecular weight excluding hydrogens is 418 g/mol. The van der Waals surface area contributed by atoms with Gasteiger partial charge in [0, 0.05) is 36.8 Å². The third-order valence-electron chi connectivity index (χ3n) is 6.00. The molecular formula is C25H25N5O3. The van der Waals surface area contributed by atoms with Gasteiger partial charge in [-0.05, 0) is 36.6 Å². The summed E-state index contributed by atoms with van der Waals surface area (Å²) in [4.78, 5) is 25.0. The number of pyridine rings is 1. The highest BCUT2D eigenvalue weighted by molar-refractivity contribution is 5.71. The zero-order valence-electron chi connectivity index (χ0n) is 18.8. The number of aryl methyl sites for hydroxylation is 2. The van der Waals surface area contributed by atoms with Gasteiger partial charge in [-0.15, -0.1) is 0 Å². The van der Waals surface area contributed by atoms with Gasteiger partial charge in [0.2, 0.25) is 5.88 Å². The van der Waals surface area contributed by atoms with E-state index in [4.69, 9.17) is 9.47 Å². The number of nitrogens with zero attached hydrogens (tertiary/aromatic N) is 4. The maximum atomic E-state index is 11.6. The van der Waals surface area contributed by atoms with Crippen molar-refractivity contribution in [3.05, 3.63) is 76.7 Å². The Bertz CT molecular complexity index is 1330. The minimum Gasteiger partial charge on any atom is -0.495 e. The minimum atomic E-state index is -0.123. The molecule has 1 N–H and O–H groups in total. The van der Waals surface area contributed by atoms with Gasteiger partial charge >= 0.3 is 0 Å². The predicted octanol–water partition coefficient (Wildman–Crippen LogP) is 3.73. The van der Waals surface area contributed by atoms with Gasteiger partial charge in [0.05, 0.1) is 31.2 Å². The van der Waals surface area contributed by atoms with Gasteiger partial charge in [-0.2, -0.15) is 4.98 Å². The molecule has 8 nitrogen and oxygen atoms in total. The highest BCUT2D eigenvalue weighted by Gasteiger charge is 2.40. The van der Waals surface area contributed by atoms with Crippen LogP contribution >= 0.6 is 0 Å². The summed E-state index contributed by atoms with van der Waals surface area (Å²) in [6, 6.07) is 13.5. The lowest BCUT2D eigenvalue weighted by atomic mass is 10.0. The van der Waals surface area contributed by atoms with E-state index in [0.29, 0.717) is 30.1 Å². The van der Waals surface area contributed by atoms with E-state index in [2.05, 4.69) is 20.1 Å². The number of hydrogen-bond donors (Lipinski definition) is 1. The SMILES string of the molecule is COc1ccc([C@H]2C[C@@H]2COc2nc(C)ncc2-c2ccc(-c3cc(=O)[nH]n3C)cc2)nc1. The molecule has 2 atom stereocenters. The van der Waals surface area contributed by atoms with Crippen molar-refractivity contribution in [1.82, 2.24) is 24.7 Å². The van der Waals surface area contributed by atoms with Crippen LogP contribution in [0.1, 0.15) is 23.9 Å². The van der Waals surface area contributed by atoms with Crippen molar-refractivity contribution < 1.29 is 9.47 Å². The summed E-state index contributed by atoms with van der Waals surface area (Å²) in [5.74, 6) is 2.81. The molecule has 0 amide bonds. The number of ether oxygens (including phenoxy) is 2. The van der Waals surface area contributed by atoms with Crippen LogP contribution in [0.3, 0.4) is 0 Å². The Balaban J connectivity index is 1.31. The van der Waals surface area contributed by atoms with Crippen LogP contribution < -0.4 is 15.0 Å². The summed E-state index contributed by atoms with van der Waals surface area (Å²) in [7, 11) is 3.46. The summed E-state index contributed by atoms with van der Waals surface area (Å²) < 4.78 is 13.1. The highest BCUT2D eigenvalue weighted by atomic mass is 16.5. The number of aromatic nitrogens is 5. The Kier molecular flexibility index (Phi) is 5.42. The first-order chi connectivity index (χ1) is 16.0. The first-order valence-corrected chi connectivity index (χ1v) is 10.8. The van der Waals surface area contributed by atoms with Crippen LogP contribution in [0.15, 0.2) is 59.7 Å². The van der Waals surface area contributed by atoms with Crippen molar-refractivity contribution in [3.63, 3.8) is 0 Å². The molecule has 0 aliphatic heterocycles. The molecule has 0 saturated heterocycles. The average molecular weight is 444 g/mol. The Labute approximate surface area is 191 Å². The van der Waals surface area contributed by atoms with Crippen molar-refractivity contribution in [3.8, 4) is 34.0 Å². The Hall–Kier alpha value is -3.94. The molecule has 1 aromatic carbocycles. The lowest BCUT2D eigenvalue weighted by Gasteiger charge is -2.12. The van der Waals surface area contributed by atoms with E-state index in [0.717, 1.165) is 40.2 Å². The first kappa shape index (κ1) is 20.9. The van der Waals surface area contributed by atoms with Crippen LogP contribution in [-0.2, 0) is 7.05 Å². The molecule has 3 heterocycles. The van der Waals surface area contributed by atoms with Gasteiger partial charge < -0.3 is 9.47 Å². The summed E-state index contributed by atoms with van der Waals surface area (Å²) in [6.45, 7) is 2.43. The smallest absolute Gasteiger partial charge is 0.264 e. The number of benzene rings is 1. The molecule has 1 aliphatic carbocycles. The summed E-state index contributed by atoms with van der Waals surface area (Å²) in [6.07, 6.45) is 4.60. The monoisotopic (exact) mass is 443 g/mol. The first-order valence-electron chi connectivity index (χ1n) is 10.8. The largest absolute Gasteiger partial charge is 0.495 e. The molecule has 5 rings (SSSR count). The number of methoxy groups -OCH3 is 1. The van der Waals surface area contributed by atoms with Crippen LogP contribution in [0.4, 0.5) is 0 Å². The zero-order chi connectivity index (χ0) is 22.9. The fraction of sp³-hybridized carbons (Fsp3) is 0.280. The molecule has 3 aromatic heterocycles. The van der Waals surface area contributed by atoms with E-state index in [1.165, 1.54) is 0 Å². The lowest BCUT2D eigenvalue weighted by molar-refractivity contribution is 0.285. The van der Waals surface area contributed by atoms with E-state index in [1.54, 1.807) is 30.3 Å². The second-order valence-electron chi connectivity index (χ2n) is 8.31. The van der Waals surface area contributed by atoms with Gasteiger partial charge in [-0.1, -0.05) is 24.3 Å². The lowest BCUT2D eigenvalue weighted by Crippen LogP contribution is -2.05. The van der Waals surface area contributed by atoms with Crippen molar-refractivity contribution in [2.75, 3.05) is 13.7 Å². The quantitative estimate of drug-likeness (QED) is 0.468. The standard InChI is InChI=1S/C25H25N5O3/c1-15-26-13-21(16-4-6-17(7-5-16)23-11-24(31)29-30(23)2)25(28-15)33-14-18-10-20(18)22-9-8-19(32-3)12-27-22/h4-9,11-13,18,20H,10,14H2,1-3H3,(H,29,31)/t18-,20+/m1/s1.